The van der Waals surface area contributed by atoms with Crippen LogP contribution in [0.3, 0.4) is 0 Å². The van der Waals surface area contributed by atoms with Crippen molar-refractivity contribution in [1.82, 2.24) is 10.6 Å². The van der Waals surface area contributed by atoms with Crippen molar-refractivity contribution in [2.75, 3.05) is 19.6 Å². The molecule has 0 spiro atoms. The highest BCUT2D eigenvalue weighted by Crippen LogP contribution is 2.20. The van der Waals surface area contributed by atoms with E-state index in [0.29, 0.717) is 5.41 Å². The summed E-state index contributed by atoms with van der Waals surface area (Å²) in [6, 6.07) is 0. The van der Waals surface area contributed by atoms with Crippen molar-refractivity contribution in [2.24, 2.45) is 10.4 Å². The van der Waals surface area contributed by atoms with Gasteiger partial charge in [0.1, 0.15) is 0 Å². The number of hydrogen-bond acceptors (Lipinski definition) is 1. The summed E-state index contributed by atoms with van der Waals surface area (Å²) in [7, 11) is 0. The molecule has 0 saturated heterocycles. The molecule has 0 saturated carbocycles. The topological polar surface area (TPSA) is 36.4 Å². The molecule has 0 fully saturated rings. The Kier molecular flexibility index (Phi) is 7.69. The summed E-state index contributed by atoms with van der Waals surface area (Å²) in [6.07, 6.45) is 4.17. The van der Waals surface area contributed by atoms with Gasteiger partial charge in [0.15, 0.2) is 5.96 Å². The Bertz CT molecular complexity index is 214. The van der Waals surface area contributed by atoms with Crippen LogP contribution in [0.1, 0.15) is 40.5 Å². The molecule has 0 aromatic carbocycles. The fourth-order valence-electron chi connectivity index (χ4n) is 1.31. The lowest BCUT2D eigenvalue weighted by Crippen LogP contribution is -2.37. The van der Waals surface area contributed by atoms with Crippen LogP contribution < -0.4 is 10.6 Å². The zero-order valence-electron chi connectivity index (χ0n) is 11.3. The van der Waals surface area contributed by atoms with Gasteiger partial charge in [-0.2, -0.15) is 0 Å². The first-order valence-electron chi connectivity index (χ1n) is 6.12. The monoisotopic (exact) mass is 225 g/mol. The third kappa shape index (κ3) is 9.56. The number of nitrogens with zero attached hydrogens (tertiary/aromatic N) is 1. The second-order valence-electron chi connectivity index (χ2n) is 5.09. The van der Waals surface area contributed by atoms with Crippen molar-refractivity contribution in [3.63, 3.8) is 0 Å². The molecule has 0 aliphatic carbocycles. The third-order valence-corrected chi connectivity index (χ3v) is 2.11. The van der Waals surface area contributed by atoms with Crippen LogP contribution in [0.25, 0.3) is 0 Å². The van der Waals surface area contributed by atoms with Crippen LogP contribution in [-0.4, -0.2) is 25.6 Å². The van der Waals surface area contributed by atoms with E-state index in [2.05, 4.69) is 49.9 Å². The molecule has 94 valence electrons. The molecule has 2 N–H and O–H groups in total. The summed E-state index contributed by atoms with van der Waals surface area (Å²) < 4.78 is 0. The van der Waals surface area contributed by atoms with E-state index in [1.54, 1.807) is 0 Å². The van der Waals surface area contributed by atoms with Crippen molar-refractivity contribution in [3.05, 3.63) is 12.7 Å². The fourth-order valence-corrected chi connectivity index (χ4v) is 1.31. The second kappa shape index (κ2) is 8.20. The minimum absolute atomic E-state index is 0.405. The van der Waals surface area contributed by atoms with Crippen LogP contribution in [0, 0.1) is 5.41 Å². The highest BCUT2D eigenvalue weighted by molar-refractivity contribution is 5.79. The van der Waals surface area contributed by atoms with E-state index >= 15 is 0 Å². The van der Waals surface area contributed by atoms with Crippen LogP contribution in [0.5, 0.6) is 0 Å². The van der Waals surface area contributed by atoms with E-state index in [1.807, 2.05) is 6.08 Å². The molecule has 3 heteroatoms. The van der Waals surface area contributed by atoms with E-state index in [1.165, 1.54) is 6.42 Å². The molecule has 3 nitrogen and oxygen atoms in total. The maximum Gasteiger partial charge on any atom is 0.191 e. The quantitative estimate of drug-likeness (QED) is 0.315. The van der Waals surface area contributed by atoms with Crippen LogP contribution >= 0.6 is 0 Å². The Hall–Kier alpha value is -0.990. The van der Waals surface area contributed by atoms with Gasteiger partial charge < -0.3 is 10.6 Å². The molecule has 0 aliphatic heterocycles. The van der Waals surface area contributed by atoms with Crippen molar-refractivity contribution in [2.45, 2.75) is 40.5 Å². The van der Waals surface area contributed by atoms with Crippen molar-refractivity contribution in [1.29, 1.82) is 0 Å². The van der Waals surface area contributed by atoms with Crippen molar-refractivity contribution in [3.8, 4) is 0 Å². The SMILES string of the molecule is C=CCNC(=NCCCC(C)(C)C)NCC. The molecular weight excluding hydrogens is 198 g/mol. The average Bonchev–Trinajstić information content (AvgIpc) is 2.19. The number of hydrogen-bond donors (Lipinski definition) is 2. The maximum absolute atomic E-state index is 4.50. The van der Waals surface area contributed by atoms with E-state index in [0.717, 1.165) is 32.0 Å². The average molecular weight is 225 g/mol. The van der Waals surface area contributed by atoms with Crippen molar-refractivity contribution >= 4 is 5.96 Å². The molecule has 0 rings (SSSR count). The zero-order valence-corrected chi connectivity index (χ0v) is 11.3. The maximum atomic E-state index is 4.50. The Labute approximate surface area is 100 Å². The summed E-state index contributed by atoms with van der Waals surface area (Å²) in [4.78, 5) is 4.50. The van der Waals surface area contributed by atoms with Gasteiger partial charge in [0.2, 0.25) is 0 Å². The zero-order chi connectivity index (χ0) is 12.4. The third-order valence-electron chi connectivity index (χ3n) is 2.11. The molecule has 0 aromatic heterocycles. The van der Waals surface area contributed by atoms with Gasteiger partial charge >= 0.3 is 0 Å². The standard InChI is InChI=1S/C13H27N3/c1-6-10-15-12(14-7-2)16-11-8-9-13(3,4)5/h6H,1,7-11H2,2-5H3,(H2,14,15,16). The van der Waals surface area contributed by atoms with E-state index in [4.69, 9.17) is 0 Å². The Morgan fingerprint density at radius 3 is 2.50 bits per heavy atom. The molecule has 0 amide bonds. The highest BCUT2D eigenvalue weighted by Gasteiger charge is 2.08. The van der Waals surface area contributed by atoms with Gasteiger partial charge in [0.25, 0.3) is 0 Å². The number of nitrogens with one attached hydrogen (secondary N) is 2. The summed E-state index contributed by atoms with van der Waals surface area (Å²) in [5.41, 5.74) is 0.405. The summed E-state index contributed by atoms with van der Waals surface area (Å²) >= 11 is 0. The second-order valence-corrected chi connectivity index (χ2v) is 5.09. The largest absolute Gasteiger partial charge is 0.357 e. The molecule has 0 atom stereocenters. The summed E-state index contributed by atoms with van der Waals surface area (Å²) in [5, 5.41) is 6.39. The molecule has 0 aliphatic rings. The molecule has 16 heavy (non-hydrogen) atoms. The summed E-state index contributed by atoms with van der Waals surface area (Å²) in [6.45, 7) is 15.1. The first kappa shape index (κ1) is 15.0. The van der Waals surface area contributed by atoms with Gasteiger partial charge in [-0.25, -0.2) is 0 Å². The predicted octanol–water partition coefficient (Wildman–Crippen LogP) is 2.55. The number of aliphatic imine (C=N–C) groups is 1. The van der Waals surface area contributed by atoms with Gasteiger partial charge in [0, 0.05) is 19.6 Å². The van der Waals surface area contributed by atoms with Gasteiger partial charge in [-0.1, -0.05) is 26.8 Å². The molecular formula is C13H27N3. The lowest BCUT2D eigenvalue weighted by molar-refractivity contribution is 0.368. The number of guanidine groups is 1. The van der Waals surface area contributed by atoms with Crippen LogP contribution in [0.15, 0.2) is 17.6 Å². The molecule has 0 heterocycles. The van der Waals surface area contributed by atoms with E-state index in [-0.39, 0.29) is 0 Å². The van der Waals surface area contributed by atoms with Crippen molar-refractivity contribution < 1.29 is 0 Å². The van der Waals surface area contributed by atoms with Gasteiger partial charge in [-0.05, 0) is 25.2 Å². The Morgan fingerprint density at radius 2 is 2.00 bits per heavy atom. The number of rotatable bonds is 6. The minimum Gasteiger partial charge on any atom is -0.357 e. The van der Waals surface area contributed by atoms with Gasteiger partial charge in [-0.3, -0.25) is 4.99 Å². The molecule has 0 aromatic rings. The smallest absolute Gasteiger partial charge is 0.191 e. The van der Waals surface area contributed by atoms with Gasteiger partial charge in [0.05, 0.1) is 0 Å². The normalized spacial score (nSPS) is 12.4. The highest BCUT2D eigenvalue weighted by atomic mass is 15.2. The first-order valence-corrected chi connectivity index (χ1v) is 6.12. The minimum atomic E-state index is 0.405. The summed E-state index contributed by atoms with van der Waals surface area (Å²) in [5.74, 6) is 0.885. The lowest BCUT2D eigenvalue weighted by atomic mass is 9.91. The first-order chi connectivity index (χ1) is 7.49. The van der Waals surface area contributed by atoms with Crippen LogP contribution in [0.4, 0.5) is 0 Å². The molecule has 0 unspecified atom stereocenters. The Morgan fingerprint density at radius 1 is 1.31 bits per heavy atom. The fraction of sp³-hybridized carbons (Fsp3) is 0.769. The molecule has 0 radical (unpaired) electrons. The molecule has 0 bridgehead atoms. The predicted molar refractivity (Wildman–Crippen MR) is 72.9 cm³/mol. The van der Waals surface area contributed by atoms with E-state index < -0.39 is 0 Å². The lowest BCUT2D eigenvalue weighted by Gasteiger charge is -2.17. The van der Waals surface area contributed by atoms with E-state index in [9.17, 15) is 0 Å². The van der Waals surface area contributed by atoms with Crippen LogP contribution in [0.2, 0.25) is 0 Å². The van der Waals surface area contributed by atoms with Gasteiger partial charge in [-0.15, -0.1) is 6.58 Å². The van der Waals surface area contributed by atoms with Crippen LogP contribution in [-0.2, 0) is 0 Å². The Balaban J connectivity index is 3.88.